The Balaban J connectivity index is 1.53. The molecule has 2 N–H and O–H groups in total. The van der Waals surface area contributed by atoms with Crippen LogP contribution < -0.4 is 0 Å². The predicted molar refractivity (Wildman–Crippen MR) is 97.2 cm³/mol. The van der Waals surface area contributed by atoms with Crippen molar-refractivity contribution in [2.24, 2.45) is 0 Å². The highest BCUT2D eigenvalue weighted by molar-refractivity contribution is 7.89. The maximum Gasteiger partial charge on any atom is 0.339 e. The van der Waals surface area contributed by atoms with E-state index in [4.69, 9.17) is 9.52 Å². The van der Waals surface area contributed by atoms with E-state index in [2.05, 4.69) is 9.97 Å². The Bertz CT molecular complexity index is 1110. The minimum absolute atomic E-state index is 0.0854. The second-order valence-corrected chi connectivity index (χ2v) is 8.53. The molecule has 0 aromatic carbocycles. The molecule has 0 amide bonds. The molecule has 1 aliphatic heterocycles. The zero-order valence-corrected chi connectivity index (χ0v) is 15.5. The summed E-state index contributed by atoms with van der Waals surface area (Å²) in [4.78, 5) is 18.6. The molecule has 27 heavy (non-hydrogen) atoms. The lowest BCUT2D eigenvalue weighted by Crippen LogP contribution is -2.37. The number of hydrogen-bond donors (Lipinski definition) is 2. The van der Waals surface area contributed by atoms with Gasteiger partial charge in [-0.1, -0.05) is 0 Å². The molecule has 142 valence electrons. The van der Waals surface area contributed by atoms with E-state index in [-0.39, 0.29) is 22.3 Å². The van der Waals surface area contributed by atoms with Gasteiger partial charge in [-0.15, -0.1) is 0 Å². The van der Waals surface area contributed by atoms with Crippen LogP contribution in [-0.4, -0.2) is 46.9 Å². The smallest absolute Gasteiger partial charge is 0.339 e. The van der Waals surface area contributed by atoms with E-state index in [0.717, 1.165) is 22.7 Å². The Morgan fingerprint density at radius 3 is 2.78 bits per heavy atom. The van der Waals surface area contributed by atoms with Crippen molar-refractivity contribution in [3.63, 3.8) is 0 Å². The van der Waals surface area contributed by atoms with E-state index in [9.17, 15) is 13.2 Å². The van der Waals surface area contributed by atoms with Gasteiger partial charge in [0.2, 0.25) is 5.09 Å². The molecule has 9 heteroatoms. The largest absolute Gasteiger partial charge is 0.478 e. The first-order valence-electron chi connectivity index (χ1n) is 8.64. The average Bonchev–Trinajstić information content (AvgIpc) is 3.26. The van der Waals surface area contributed by atoms with Crippen LogP contribution in [-0.2, 0) is 10.0 Å². The molecule has 0 atom stereocenters. The van der Waals surface area contributed by atoms with E-state index in [1.807, 2.05) is 18.3 Å². The summed E-state index contributed by atoms with van der Waals surface area (Å²) in [6, 6.07) is 4.99. The second kappa shape index (κ2) is 6.50. The highest BCUT2D eigenvalue weighted by atomic mass is 32.2. The molecule has 1 saturated heterocycles. The number of rotatable bonds is 4. The minimum Gasteiger partial charge on any atom is -0.478 e. The number of H-pyrrole nitrogens is 1. The molecule has 1 fully saturated rings. The highest BCUT2D eigenvalue weighted by Gasteiger charge is 2.34. The Morgan fingerprint density at radius 2 is 2.11 bits per heavy atom. The van der Waals surface area contributed by atoms with Gasteiger partial charge in [-0.05, 0) is 43.4 Å². The lowest BCUT2D eigenvalue weighted by atomic mass is 9.90. The number of carbonyl (C=O) groups is 1. The van der Waals surface area contributed by atoms with Gasteiger partial charge < -0.3 is 14.5 Å². The van der Waals surface area contributed by atoms with Gasteiger partial charge in [0.15, 0.2) is 0 Å². The molecule has 0 unspecified atom stereocenters. The molecule has 0 radical (unpaired) electrons. The molecular weight excluding hydrogens is 370 g/mol. The molecule has 3 aromatic rings. The Morgan fingerprint density at radius 1 is 1.37 bits per heavy atom. The quantitative estimate of drug-likeness (QED) is 0.709. The van der Waals surface area contributed by atoms with E-state index >= 15 is 0 Å². The summed E-state index contributed by atoms with van der Waals surface area (Å²) in [5.74, 6) is -0.881. The molecule has 0 saturated carbocycles. The summed E-state index contributed by atoms with van der Waals surface area (Å²) in [6.45, 7) is 2.14. The number of carboxylic acids is 1. The molecular formula is C18H19N3O5S. The van der Waals surface area contributed by atoms with Crippen LogP contribution in [0.4, 0.5) is 0 Å². The highest BCUT2D eigenvalue weighted by Crippen LogP contribution is 2.34. The summed E-state index contributed by atoms with van der Waals surface area (Å²) in [6.07, 6.45) is 5.02. The van der Waals surface area contributed by atoms with Gasteiger partial charge in [0.05, 0.1) is 0 Å². The Kier molecular flexibility index (Phi) is 4.27. The van der Waals surface area contributed by atoms with Crippen LogP contribution in [0, 0.1) is 6.92 Å². The molecule has 0 bridgehead atoms. The molecule has 4 heterocycles. The lowest BCUT2D eigenvalue weighted by molar-refractivity contribution is 0.0695. The number of aryl methyl sites for hydroxylation is 1. The number of pyridine rings is 1. The zero-order chi connectivity index (χ0) is 19.2. The fourth-order valence-corrected chi connectivity index (χ4v) is 5.09. The van der Waals surface area contributed by atoms with Crippen molar-refractivity contribution in [1.29, 1.82) is 0 Å². The normalized spacial score (nSPS) is 16.8. The van der Waals surface area contributed by atoms with Crippen molar-refractivity contribution in [2.45, 2.75) is 30.8 Å². The molecule has 8 nitrogen and oxygen atoms in total. The fraction of sp³-hybridized carbons (Fsp3) is 0.333. The SMILES string of the molecule is Cc1oc(S(=O)(=O)N2CCC(c3c[nH]c4ncccc34)CC2)cc1C(=O)O. The Hall–Kier alpha value is -2.65. The standard InChI is InChI=1S/C18H19N3O5S/c1-11-14(18(22)23)9-16(26-11)27(24,25)21-7-4-12(5-8-21)15-10-20-17-13(15)3-2-6-19-17/h2-3,6,9-10,12H,4-5,7-8H2,1H3,(H,19,20)(H,22,23). The molecule has 0 spiro atoms. The first-order valence-corrected chi connectivity index (χ1v) is 10.1. The molecule has 4 rings (SSSR count). The van der Waals surface area contributed by atoms with E-state index in [1.165, 1.54) is 11.2 Å². The second-order valence-electron chi connectivity index (χ2n) is 6.66. The number of nitrogens with zero attached hydrogens (tertiary/aromatic N) is 2. The topological polar surface area (TPSA) is 117 Å². The number of furan rings is 1. The monoisotopic (exact) mass is 389 g/mol. The van der Waals surface area contributed by atoms with Crippen LogP contribution in [0.15, 0.2) is 40.1 Å². The third kappa shape index (κ3) is 3.02. The van der Waals surface area contributed by atoms with Crippen molar-refractivity contribution in [3.8, 4) is 0 Å². The van der Waals surface area contributed by atoms with E-state index < -0.39 is 16.0 Å². The van der Waals surface area contributed by atoms with Gasteiger partial charge in [0.25, 0.3) is 10.0 Å². The van der Waals surface area contributed by atoms with Crippen LogP contribution in [0.3, 0.4) is 0 Å². The maximum absolute atomic E-state index is 12.8. The number of piperidine rings is 1. The third-order valence-electron chi connectivity index (χ3n) is 5.10. The first kappa shape index (κ1) is 17.7. The van der Waals surface area contributed by atoms with Crippen LogP contribution in [0.1, 0.15) is 40.4 Å². The maximum atomic E-state index is 12.8. The van der Waals surface area contributed by atoms with Crippen LogP contribution >= 0.6 is 0 Å². The fourth-order valence-electron chi connectivity index (χ4n) is 3.64. The van der Waals surface area contributed by atoms with Crippen LogP contribution in [0.2, 0.25) is 0 Å². The number of aromatic amines is 1. The number of fused-ring (bicyclic) bond motifs is 1. The predicted octanol–water partition coefficient (Wildman–Crippen LogP) is 2.73. The summed E-state index contributed by atoms with van der Waals surface area (Å²) >= 11 is 0. The van der Waals surface area contributed by atoms with Crippen LogP contribution in [0.5, 0.6) is 0 Å². The number of aromatic carboxylic acids is 1. The molecule has 1 aliphatic rings. The van der Waals surface area contributed by atoms with Crippen molar-refractivity contribution in [3.05, 3.63) is 47.5 Å². The Labute approximate surface area is 155 Å². The molecule has 3 aromatic heterocycles. The van der Waals surface area contributed by atoms with E-state index in [0.29, 0.717) is 25.9 Å². The zero-order valence-electron chi connectivity index (χ0n) is 14.7. The summed E-state index contributed by atoms with van der Waals surface area (Å²) in [7, 11) is -3.85. The number of carboxylic acid groups (broad SMARTS) is 1. The van der Waals surface area contributed by atoms with Gasteiger partial charge in [0.1, 0.15) is 17.0 Å². The molecule has 0 aliphatic carbocycles. The third-order valence-corrected chi connectivity index (χ3v) is 6.85. The number of nitrogens with one attached hydrogen (secondary N) is 1. The summed E-state index contributed by atoms with van der Waals surface area (Å²) < 4.78 is 32.2. The lowest BCUT2D eigenvalue weighted by Gasteiger charge is -2.30. The van der Waals surface area contributed by atoms with Crippen molar-refractivity contribution < 1.29 is 22.7 Å². The average molecular weight is 389 g/mol. The van der Waals surface area contributed by atoms with Gasteiger partial charge >= 0.3 is 5.97 Å². The van der Waals surface area contributed by atoms with Crippen molar-refractivity contribution in [1.82, 2.24) is 14.3 Å². The van der Waals surface area contributed by atoms with Crippen LogP contribution in [0.25, 0.3) is 11.0 Å². The van der Waals surface area contributed by atoms with Crippen molar-refractivity contribution >= 4 is 27.0 Å². The summed E-state index contributed by atoms with van der Waals surface area (Å²) in [5.41, 5.74) is 1.85. The van der Waals surface area contributed by atoms with E-state index in [1.54, 1.807) is 6.20 Å². The van der Waals surface area contributed by atoms with Gasteiger partial charge in [-0.2, -0.15) is 4.31 Å². The van der Waals surface area contributed by atoms with Gasteiger partial charge in [0, 0.05) is 36.9 Å². The number of hydrogen-bond acceptors (Lipinski definition) is 5. The first-order chi connectivity index (χ1) is 12.9. The number of sulfonamides is 1. The number of aromatic nitrogens is 2. The van der Waals surface area contributed by atoms with Crippen molar-refractivity contribution in [2.75, 3.05) is 13.1 Å². The van der Waals surface area contributed by atoms with Gasteiger partial charge in [-0.25, -0.2) is 18.2 Å². The summed E-state index contributed by atoms with van der Waals surface area (Å²) in [5, 5.41) is 9.85. The minimum atomic E-state index is -3.85. The van der Waals surface area contributed by atoms with Gasteiger partial charge in [-0.3, -0.25) is 0 Å².